The number of carbonyl (C=O) groups excluding carboxylic acids is 2. The van der Waals surface area contributed by atoms with Crippen molar-refractivity contribution in [3.05, 3.63) is 106 Å². The summed E-state index contributed by atoms with van der Waals surface area (Å²) in [7, 11) is 0. The fourth-order valence-electron chi connectivity index (χ4n) is 3.40. The van der Waals surface area contributed by atoms with Crippen molar-refractivity contribution in [3.63, 3.8) is 0 Å². The van der Waals surface area contributed by atoms with E-state index in [1.54, 1.807) is 42.5 Å². The standard InChI is InChI=1S/C26H22FNO3S/c27-23-14-5-4-12-21(23)18-31-22-13-6-10-20(16-22)17-24-25(29)28(26(30)32-24)15-7-11-19-8-2-1-3-9-19/h1-6,8-10,12-14,16-17H,7,11,15,18H2/b24-17+. The molecule has 32 heavy (non-hydrogen) atoms. The van der Waals surface area contributed by atoms with Crippen molar-refractivity contribution < 1.29 is 18.7 Å². The first kappa shape index (κ1) is 21.8. The Hall–Kier alpha value is -3.38. The fourth-order valence-corrected chi connectivity index (χ4v) is 4.27. The van der Waals surface area contributed by atoms with E-state index in [1.807, 2.05) is 36.4 Å². The zero-order chi connectivity index (χ0) is 22.3. The van der Waals surface area contributed by atoms with Gasteiger partial charge in [0.15, 0.2) is 0 Å². The molecule has 1 fully saturated rings. The van der Waals surface area contributed by atoms with Crippen molar-refractivity contribution in [1.29, 1.82) is 0 Å². The van der Waals surface area contributed by atoms with Crippen molar-refractivity contribution >= 4 is 29.0 Å². The number of halogens is 1. The number of aryl methyl sites for hydroxylation is 1. The molecule has 0 spiro atoms. The van der Waals surface area contributed by atoms with Crippen molar-refractivity contribution in [2.45, 2.75) is 19.4 Å². The van der Waals surface area contributed by atoms with Crippen LogP contribution in [0.1, 0.15) is 23.1 Å². The summed E-state index contributed by atoms with van der Waals surface area (Å²) in [4.78, 5) is 26.8. The molecule has 0 atom stereocenters. The van der Waals surface area contributed by atoms with Crippen molar-refractivity contribution in [3.8, 4) is 5.75 Å². The van der Waals surface area contributed by atoms with E-state index in [-0.39, 0.29) is 23.6 Å². The summed E-state index contributed by atoms with van der Waals surface area (Å²) in [5, 5.41) is -0.249. The van der Waals surface area contributed by atoms with Crippen LogP contribution in [0.5, 0.6) is 5.75 Å². The third-order valence-corrected chi connectivity index (χ3v) is 5.98. The van der Waals surface area contributed by atoms with Crippen LogP contribution >= 0.6 is 11.8 Å². The van der Waals surface area contributed by atoms with Crippen LogP contribution in [-0.4, -0.2) is 22.6 Å². The number of thioether (sulfide) groups is 1. The van der Waals surface area contributed by atoms with E-state index in [1.165, 1.54) is 16.5 Å². The van der Waals surface area contributed by atoms with Gasteiger partial charge in [-0.1, -0.05) is 60.7 Å². The molecule has 1 saturated heterocycles. The van der Waals surface area contributed by atoms with E-state index >= 15 is 0 Å². The third-order valence-electron chi connectivity index (χ3n) is 5.07. The lowest BCUT2D eigenvalue weighted by Crippen LogP contribution is -2.29. The molecule has 0 aromatic heterocycles. The Bertz CT molecular complexity index is 1150. The van der Waals surface area contributed by atoms with Crippen LogP contribution in [0.3, 0.4) is 0 Å². The van der Waals surface area contributed by atoms with E-state index in [2.05, 4.69) is 0 Å². The average molecular weight is 448 g/mol. The van der Waals surface area contributed by atoms with Crippen LogP contribution in [0.15, 0.2) is 83.8 Å². The number of ether oxygens (including phenoxy) is 1. The van der Waals surface area contributed by atoms with Crippen LogP contribution < -0.4 is 4.74 Å². The van der Waals surface area contributed by atoms with Crippen molar-refractivity contribution in [2.75, 3.05) is 6.54 Å². The first-order valence-electron chi connectivity index (χ1n) is 10.4. The highest BCUT2D eigenvalue weighted by Gasteiger charge is 2.34. The van der Waals surface area contributed by atoms with Crippen molar-refractivity contribution in [2.24, 2.45) is 0 Å². The molecule has 0 aliphatic carbocycles. The summed E-state index contributed by atoms with van der Waals surface area (Å²) in [5.74, 6) is -0.0283. The number of imide groups is 1. The second kappa shape index (κ2) is 10.3. The Morgan fingerprint density at radius 2 is 1.72 bits per heavy atom. The molecule has 0 N–H and O–H groups in total. The Labute approximate surface area is 190 Å². The minimum absolute atomic E-state index is 0.105. The highest BCUT2D eigenvalue weighted by atomic mass is 32.2. The van der Waals surface area contributed by atoms with Gasteiger partial charge < -0.3 is 4.74 Å². The lowest BCUT2D eigenvalue weighted by Gasteiger charge is -2.12. The van der Waals surface area contributed by atoms with Gasteiger partial charge in [-0.25, -0.2) is 4.39 Å². The van der Waals surface area contributed by atoms with Crippen LogP contribution in [0, 0.1) is 5.82 Å². The number of rotatable bonds is 8. The molecule has 1 aliphatic rings. The molecular formula is C26H22FNO3S. The number of benzene rings is 3. The molecule has 3 aromatic rings. The predicted octanol–water partition coefficient (Wildman–Crippen LogP) is 6.07. The summed E-state index contributed by atoms with van der Waals surface area (Å²) in [6.45, 7) is 0.497. The van der Waals surface area contributed by atoms with Gasteiger partial charge in [0.25, 0.3) is 11.1 Å². The second-order valence-corrected chi connectivity index (χ2v) is 8.37. The fraction of sp³-hybridized carbons (Fsp3) is 0.154. The smallest absolute Gasteiger partial charge is 0.293 e. The summed E-state index contributed by atoms with van der Waals surface area (Å²) in [6, 6.07) is 23.6. The maximum absolute atomic E-state index is 13.8. The van der Waals surface area contributed by atoms with Crippen LogP contribution in [-0.2, 0) is 17.8 Å². The Balaban J connectivity index is 1.38. The lowest BCUT2D eigenvalue weighted by molar-refractivity contribution is -0.122. The minimum Gasteiger partial charge on any atom is -0.489 e. The van der Waals surface area contributed by atoms with Gasteiger partial charge in [-0.3, -0.25) is 14.5 Å². The van der Waals surface area contributed by atoms with Gasteiger partial charge in [-0.05, 0) is 60.0 Å². The topological polar surface area (TPSA) is 46.6 Å². The summed E-state index contributed by atoms with van der Waals surface area (Å²) in [6.07, 6.45) is 3.22. The summed E-state index contributed by atoms with van der Waals surface area (Å²) in [5.41, 5.74) is 2.39. The Morgan fingerprint density at radius 3 is 2.53 bits per heavy atom. The van der Waals surface area contributed by atoms with Gasteiger partial charge in [-0.15, -0.1) is 0 Å². The Morgan fingerprint density at radius 1 is 0.938 bits per heavy atom. The van der Waals surface area contributed by atoms with Gasteiger partial charge in [-0.2, -0.15) is 0 Å². The molecule has 0 saturated carbocycles. The number of amides is 2. The second-order valence-electron chi connectivity index (χ2n) is 7.38. The molecule has 4 nitrogen and oxygen atoms in total. The van der Waals surface area contributed by atoms with Crippen molar-refractivity contribution in [1.82, 2.24) is 4.90 Å². The zero-order valence-corrected chi connectivity index (χ0v) is 18.2. The molecule has 3 aromatic carbocycles. The largest absolute Gasteiger partial charge is 0.489 e. The first-order valence-corrected chi connectivity index (χ1v) is 11.2. The SMILES string of the molecule is O=C1S/C(=C/c2cccc(OCc3ccccc3F)c2)C(=O)N1CCCc1ccccc1. The molecule has 0 unspecified atom stereocenters. The van der Waals surface area contributed by atoms with E-state index in [4.69, 9.17) is 4.74 Å². The summed E-state index contributed by atoms with van der Waals surface area (Å²) < 4.78 is 19.5. The molecule has 0 bridgehead atoms. The van der Waals surface area contributed by atoms with Crippen LogP contribution in [0.4, 0.5) is 9.18 Å². The van der Waals surface area contributed by atoms with Crippen LogP contribution in [0.25, 0.3) is 6.08 Å². The Kier molecular flexibility index (Phi) is 7.02. The van der Waals surface area contributed by atoms with Crippen LogP contribution in [0.2, 0.25) is 0 Å². The minimum atomic E-state index is -0.315. The van der Waals surface area contributed by atoms with Gasteiger partial charge in [0.05, 0.1) is 4.91 Å². The molecule has 1 heterocycles. The predicted molar refractivity (Wildman–Crippen MR) is 125 cm³/mol. The van der Waals surface area contributed by atoms with Gasteiger partial charge in [0, 0.05) is 12.1 Å². The average Bonchev–Trinajstić information content (AvgIpc) is 3.07. The van der Waals surface area contributed by atoms with E-state index in [0.29, 0.717) is 29.2 Å². The van der Waals surface area contributed by atoms with E-state index in [9.17, 15) is 14.0 Å². The third kappa shape index (κ3) is 5.45. The first-order chi connectivity index (χ1) is 15.6. The number of nitrogens with zero attached hydrogens (tertiary/aromatic N) is 1. The van der Waals surface area contributed by atoms with E-state index in [0.717, 1.165) is 23.7 Å². The molecule has 2 amide bonds. The molecule has 6 heteroatoms. The molecule has 4 rings (SSSR count). The molecule has 1 aliphatic heterocycles. The normalized spacial score (nSPS) is 14.9. The molecule has 162 valence electrons. The summed E-state index contributed by atoms with van der Waals surface area (Å²) >= 11 is 0.949. The maximum atomic E-state index is 13.8. The maximum Gasteiger partial charge on any atom is 0.293 e. The lowest BCUT2D eigenvalue weighted by atomic mass is 10.1. The molecule has 0 radical (unpaired) electrons. The number of hydrogen-bond acceptors (Lipinski definition) is 4. The molecular weight excluding hydrogens is 425 g/mol. The highest BCUT2D eigenvalue weighted by Crippen LogP contribution is 2.33. The van der Waals surface area contributed by atoms with E-state index < -0.39 is 0 Å². The van der Waals surface area contributed by atoms with Gasteiger partial charge in [0.1, 0.15) is 18.2 Å². The number of carbonyl (C=O) groups is 2. The zero-order valence-electron chi connectivity index (χ0n) is 17.4. The monoisotopic (exact) mass is 447 g/mol. The quantitative estimate of drug-likeness (QED) is 0.393. The van der Waals surface area contributed by atoms with Gasteiger partial charge in [0.2, 0.25) is 0 Å². The van der Waals surface area contributed by atoms with Gasteiger partial charge >= 0.3 is 0 Å². The highest BCUT2D eigenvalue weighted by molar-refractivity contribution is 8.18. The number of hydrogen-bond donors (Lipinski definition) is 0.